The number of hydrogen-bond acceptors (Lipinski definition) is 3. The van der Waals surface area contributed by atoms with Crippen molar-refractivity contribution in [1.29, 1.82) is 0 Å². The lowest BCUT2D eigenvalue weighted by Gasteiger charge is -2.47. The minimum absolute atomic E-state index is 0.398. The summed E-state index contributed by atoms with van der Waals surface area (Å²) in [6, 6.07) is 10.3. The number of guanidine groups is 1. The summed E-state index contributed by atoms with van der Waals surface area (Å²) in [6.07, 6.45) is 10.6. The predicted octanol–water partition coefficient (Wildman–Crippen LogP) is 3.69. The van der Waals surface area contributed by atoms with E-state index in [0.29, 0.717) is 18.7 Å². The van der Waals surface area contributed by atoms with Gasteiger partial charge in [0.2, 0.25) is 0 Å². The first-order valence-electron chi connectivity index (χ1n) is 11.2. The quantitative estimate of drug-likeness (QED) is 0.580. The molecule has 1 aromatic rings. The van der Waals surface area contributed by atoms with Crippen LogP contribution in [0.15, 0.2) is 29.3 Å². The van der Waals surface area contributed by atoms with Crippen molar-refractivity contribution in [3.63, 3.8) is 0 Å². The van der Waals surface area contributed by atoms with Crippen molar-refractivity contribution in [3.05, 3.63) is 29.8 Å². The Kier molecular flexibility index (Phi) is 6.40. The Morgan fingerprint density at radius 1 is 1.11 bits per heavy atom. The molecule has 2 N–H and O–H groups in total. The predicted molar refractivity (Wildman–Crippen MR) is 115 cm³/mol. The van der Waals surface area contributed by atoms with Crippen LogP contribution >= 0.6 is 0 Å². The standard InChI is InChI=1S/C23H36N4O/c1-3-24-23(26-18-14-19-9-6-10-20(15-18)27(19)2)25-16-17-8-4-5-13-22(17)28-21-11-7-12-21/h4-5,8,13,18-21H,3,6-7,9-12,14-16H2,1-2H3,(H2,24,25,26). The lowest BCUT2D eigenvalue weighted by molar-refractivity contribution is 0.0526. The van der Waals surface area contributed by atoms with Crippen molar-refractivity contribution >= 4 is 5.96 Å². The van der Waals surface area contributed by atoms with Gasteiger partial charge in [0.05, 0.1) is 12.6 Å². The molecular formula is C23H36N4O. The number of rotatable bonds is 6. The van der Waals surface area contributed by atoms with E-state index < -0.39 is 0 Å². The fourth-order valence-corrected chi connectivity index (χ4v) is 4.83. The first kappa shape index (κ1) is 19.6. The largest absolute Gasteiger partial charge is 0.490 e. The summed E-state index contributed by atoms with van der Waals surface area (Å²) in [7, 11) is 2.31. The van der Waals surface area contributed by atoms with Crippen molar-refractivity contribution < 1.29 is 4.74 Å². The highest BCUT2D eigenvalue weighted by atomic mass is 16.5. The minimum atomic E-state index is 0.398. The average Bonchev–Trinajstić information content (AvgIpc) is 2.64. The SMILES string of the molecule is CCNC(=NCc1ccccc1OC1CCC1)NC1CC2CCCC(C1)N2C. The second-order valence-corrected chi connectivity index (χ2v) is 8.69. The van der Waals surface area contributed by atoms with Crippen LogP contribution < -0.4 is 15.4 Å². The molecule has 2 bridgehead atoms. The van der Waals surface area contributed by atoms with Gasteiger partial charge in [0.25, 0.3) is 0 Å². The zero-order valence-corrected chi connectivity index (χ0v) is 17.5. The summed E-state index contributed by atoms with van der Waals surface area (Å²) >= 11 is 0. The maximum Gasteiger partial charge on any atom is 0.191 e. The number of benzene rings is 1. The molecule has 3 aliphatic rings. The van der Waals surface area contributed by atoms with E-state index in [-0.39, 0.29) is 0 Å². The van der Waals surface area contributed by atoms with Crippen LogP contribution in [-0.2, 0) is 6.54 Å². The smallest absolute Gasteiger partial charge is 0.191 e. The molecule has 2 unspecified atom stereocenters. The third-order valence-corrected chi connectivity index (χ3v) is 6.75. The number of fused-ring (bicyclic) bond motifs is 2. The molecule has 0 radical (unpaired) electrons. The van der Waals surface area contributed by atoms with E-state index in [4.69, 9.17) is 9.73 Å². The van der Waals surface area contributed by atoms with Gasteiger partial charge >= 0.3 is 0 Å². The number of para-hydroxylation sites is 1. The molecule has 2 atom stereocenters. The Morgan fingerprint density at radius 2 is 1.82 bits per heavy atom. The summed E-state index contributed by atoms with van der Waals surface area (Å²) < 4.78 is 6.17. The van der Waals surface area contributed by atoms with Gasteiger partial charge in [-0.05, 0) is 65.0 Å². The second-order valence-electron chi connectivity index (χ2n) is 8.69. The summed E-state index contributed by atoms with van der Waals surface area (Å²) in [5.41, 5.74) is 1.17. The van der Waals surface area contributed by atoms with Gasteiger partial charge in [0, 0.05) is 30.2 Å². The van der Waals surface area contributed by atoms with Gasteiger partial charge in [-0.1, -0.05) is 24.6 Å². The van der Waals surface area contributed by atoms with Crippen molar-refractivity contribution in [2.24, 2.45) is 4.99 Å². The molecule has 2 aliphatic heterocycles. The molecule has 0 amide bonds. The monoisotopic (exact) mass is 384 g/mol. The van der Waals surface area contributed by atoms with Gasteiger partial charge in [-0.15, -0.1) is 0 Å². The molecule has 3 fully saturated rings. The van der Waals surface area contributed by atoms with Crippen LogP contribution in [-0.4, -0.2) is 48.7 Å². The lowest BCUT2D eigenvalue weighted by Crippen LogP contribution is -2.56. The first-order chi connectivity index (χ1) is 13.7. The van der Waals surface area contributed by atoms with E-state index in [1.807, 2.05) is 0 Å². The Morgan fingerprint density at radius 3 is 2.50 bits per heavy atom. The molecule has 1 aliphatic carbocycles. The molecule has 154 valence electrons. The molecule has 1 aromatic carbocycles. The zero-order valence-electron chi connectivity index (χ0n) is 17.5. The third kappa shape index (κ3) is 4.62. The zero-order chi connectivity index (χ0) is 19.3. The van der Waals surface area contributed by atoms with Gasteiger partial charge in [-0.25, -0.2) is 4.99 Å². The molecule has 2 saturated heterocycles. The number of piperidine rings is 2. The third-order valence-electron chi connectivity index (χ3n) is 6.75. The number of nitrogens with zero attached hydrogens (tertiary/aromatic N) is 2. The van der Waals surface area contributed by atoms with Crippen LogP contribution in [0.2, 0.25) is 0 Å². The maximum atomic E-state index is 6.17. The minimum Gasteiger partial charge on any atom is -0.490 e. The fourth-order valence-electron chi connectivity index (χ4n) is 4.83. The van der Waals surface area contributed by atoms with Crippen LogP contribution in [0.5, 0.6) is 5.75 Å². The van der Waals surface area contributed by atoms with E-state index in [1.54, 1.807) is 0 Å². The number of aliphatic imine (C=N–C) groups is 1. The van der Waals surface area contributed by atoms with Crippen molar-refractivity contribution in [3.8, 4) is 5.75 Å². The Hall–Kier alpha value is -1.75. The van der Waals surface area contributed by atoms with Crippen LogP contribution in [0, 0.1) is 0 Å². The maximum absolute atomic E-state index is 6.17. The van der Waals surface area contributed by atoms with Gasteiger partial charge < -0.3 is 20.3 Å². The molecule has 4 rings (SSSR count). The Bertz CT molecular complexity index is 658. The van der Waals surface area contributed by atoms with E-state index in [9.17, 15) is 0 Å². The summed E-state index contributed by atoms with van der Waals surface area (Å²) in [4.78, 5) is 7.51. The topological polar surface area (TPSA) is 48.9 Å². The fraction of sp³-hybridized carbons (Fsp3) is 0.696. The van der Waals surface area contributed by atoms with E-state index in [2.05, 4.69) is 53.8 Å². The van der Waals surface area contributed by atoms with Crippen molar-refractivity contribution in [2.45, 2.75) is 89.1 Å². The number of hydrogen-bond donors (Lipinski definition) is 2. The molecule has 2 heterocycles. The van der Waals surface area contributed by atoms with Crippen LogP contribution in [0.4, 0.5) is 0 Å². The Balaban J connectivity index is 1.40. The van der Waals surface area contributed by atoms with E-state index in [1.165, 1.54) is 56.9 Å². The van der Waals surface area contributed by atoms with Crippen molar-refractivity contribution in [2.75, 3.05) is 13.6 Å². The Labute approximate surface area is 169 Å². The lowest BCUT2D eigenvalue weighted by atomic mass is 9.82. The second kappa shape index (κ2) is 9.17. The molecule has 0 aromatic heterocycles. The van der Waals surface area contributed by atoms with Gasteiger partial charge in [0.15, 0.2) is 5.96 Å². The summed E-state index contributed by atoms with van der Waals surface area (Å²) in [5.74, 6) is 1.94. The first-order valence-corrected chi connectivity index (χ1v) is 11.2. The van der Waals surface area contributed by atoms with E-state index in [0.717, 1.165) is 30.3 Å². The van der Waals surface area contributed by atoms with E-state index >= 15 is 0 Å². The normalized spacial score (nSPS) is 28.5. The highest BCUT2D eigenvalue weighted by molar-refractivity contribution is 5.80. The molecule has 1 saturated carbocycles. The number of nitrogens with one attached hydrogen (secondary N) is 2. The highest BCUT2D eigenvalue weighted by Gasteiger charge is 2.36. The molecule has 0 spiro atoms. The summed E-state index contributed by atoms with van der Waals surface area (Å²) in [6.45, 7) is 3.66. The molecular weight excluding hydrogens is 348 g/mol. The van der Waals surface area contributed by atoms with Crippen LogP contribution in [0.3, 0.4) is 0 Å². The van der Waals surface area contributed by atoms with Crippen molar-refractivity contribution in [1.82, 2.24) is 15.5 Å². The van der Waals surface area contributed by atoms with Crippen LogP contribution in [0.1, 0.15) is 63.9 Å². The van der Waals surface area contributed by atoms with Crippen LogP contribution in [0.25, 0.3) is 0 Å². The summed E-state index contributed by atoms with van der Waals surface area (Å²) in [5, 5.41) is 7.17. The van der Waals surface area contributed by atoms with Gasteiger partial charge in [-0.2, -0.15) is 0 Å². The average molecular weight is 385 g/mol. The van der Waals surface area contributed by atoms with Gasteiger partial charge in [0.1, 0.15) is 5.75 Å². The molecule has 28 heavy (non-hydrogen) atoms. The molecule has 5 nitrogen and oxygen atoms in total. The molecule has 5 heteroatoms. The highest BCUT2D eigenvalue weighted by Crippen LogP contribution is 2.32. The number of ether oxygens (including phenoxy) is 1. The van der Waals surface area contributed by atoms with Gasteiger partial charge in [-0.3, -0.25) is 0 Å².